The van der Waals surface area contributed by atoms with Crippen molar-refractivity contribution in [3.05, 3.63) is 75.8 Å². The molecule has 2 aromatic carbocycles. The number of amides is 1. The second-order valence-electron chi connectivity index (χ2n) is 7.86. The average Bonchev–Trinajstić information content (AvgIpc) is 3.04. The van der Waals surface area contributed by atoms with Crippen LogP contribution in [0.5, 0.6) is 0 Å². The molecule has 1 amide bonds. The Morgan fingerprint density at radius 3 is 2.32 bits per heavy atom. The largest absolute Gasteiger partial charge is 0.507 e. The van der Waals surface area contributed by atoms with E-state index in [0.29, 0.717) is 36.9 Å². The number of Topliss-reactive ketones (excluding diaryl/α,β-unsaturated/α-hetero) is 1. The average molecular weight is 441 g/mol. The van der Waals surface area contributed by atoms with Crippen molar-refractivity contribution in [3.63, 3.8) is 0 Å². The third kappa shape index (κ3) is 4.51. The van der Waals surface area contributed by atoms with Crippen molar-refractivity contribution >= 4 is 29.1 Å². The number of ketones is 1. The molecule has 2 aliphatic heterocycles. The molecule has 6 nitrogen and oxygen atoms in total. The van der Waals surface area contributed by atoms with Crippen molar-refractivity contribution in [3.8, 4) is 0 Å². The number of aliphatic hydroxyl groups excluding tert-OH is 1. The number of hydrogen-bond acceptors (Lipinski definition) is 5. The highest BCUT2D eigenvalue weighted by Crippen LogP contribution is 2.39. The Kier molecular flexibility index (Phi) is 6.41. The lowest BCUT2D eigenvalue weighted by molar-refractivity contribution is -0.140. The van der Waals surface area contributed by atoms with Crippen LogP contribution in [-0.2, 0) is 14.3 Å². The molecule has 0 bridgehead atoms. The minimum atomic E-state index is -0.667. The number of carbonyl (C=O) groups excluding carboxylic acids is 2. The molecule has 0 aromatic heterocycles. The Balaban J connectivity index is 1.72. The highest BCUT2D eigenvalue weighted by molar-refractivity contribution is 6.46. The Bertz CT molecular complexity index is 995. The number of benzene rings is 2. The quantitative estimate of drug-likeness (QED) is 0.438. The van der Waals surface area contributed by atoms with E-state index in [0.717, 1.165) is 24.2 Å². The van der Waals surface area contributed by atoms with E-state index in [-0.39, 0.29) is 11.3 Å². The summed E-state index contributed by atoms with van der Waals surface area (Å²) in [6.07, 6.45) is 0. The summed E-state index contributed by atoms with van der Waals surface area (Å²) in [5.41, 5.74) is 2.39. The molecule has 2 aromatic rings. The lowest BCUT2D eigenvalue weighted by Crippen LogP contribution is -2.42. The molecule has 0 aliphatic carbocycles. The van der Waals surface area contributed by atoms with Gasteiger partial charge in [-0.1, -0.05) is 53.6 Å². The van der Waals surface area contributed by atoms with E-state index >= 15 is 0 Å². The zero-order valence-corrected chi connectivity index (χ0v) is 18.1. The number of nitrogens with zero attached hydrogens (tertiary/aromatic N) is 2. The van der Waals surface area contributed by atoms with Crippen LogP contribution >= 0.6 is 11.6 Å². The number of ether oxygens (including phenoxy) is 1. The van der Waals surface area contributed by atoms with Crippen LogP contribution in [0.1, 0.15) is 22.7 Å². The minimum Gasteiger partial charge on any atom is -0.507 e. The van der Waals surface area contributed by atoms with Gasteiger partial charge in [0.2, 0.25) is 0 Å². The van der Waals surface area contributed by atoms with Gasteiger partial charge in [-0.05, 0) is 24.6 Å². The third-order valence-corrected chi connectivity index (χ3v) is 6.06. The SMILES string of the molecule is Cc1ccc(/C(O)=C2\C(=O)C(=O)N(CCN3CCOCC3)C2c2ccc(Cl)cc2)cc1. The number of likely N-dealkylation sites (tertiary alicyclic amines) is 1. The third-order valence-electron chi connectivity index (χ3n) is 5.81. The summed E-state index contributed by atoms with van der Waals surface area (Å²) in [4.78, 5) is 29.8. The first-order valence-corrected chi connectivity index (χ1v) is 10.7. The Morgan fingerprint density at radius 2 is 1.68 bits per heavy atom. The molecule has 31 heavy (non-hydrogen) atoms. The van der Waals surface area contributed by atoms with Gasteiger partial charge in [0.05, 0.1) is 24.8 Å². The van der Waals surface area contributed by atoms with E-state index in [9.17, 15) is 14.7 Å². The molecule has 1 N–H and O–H groups in total. The van der Waals surface area contributed by atoms with Crippen molar-refractivity contribution < 1.29 is 19.4 Å². The molecule has 0 radical (unpaired) electrons. The number of carbonyl (C=O) groups is 2. The van der Waals surface area contributed by atoms with Gasteiger partial charge in [0.25, 0.3) is 11.7 Å². The molecule has 1 atom stereocenters. The monoisotopic (exact) mass is 440 g/mol. The lowest BCUT2D eigenvalue weighted by atomic mass is 9.95. The minimum absolute atomic E-state index is 0.109. The Morgan fingerprint density at radius 1 is 1.03 bits per heavy atom. The lowest BCUT2D eigenvalue weighted by Gasteiger charge is -2.31. The molecule has 2 fully saturated rings. The van der Waals surface area contributed by atoms with Crippen molar-refractivity contribution in [2.24, 2.45) is 0 Å². The van der Waals surface area contributed by atoms with Crippen LogP contribution in [0.15, 0.2) is 54.1 Å². The van der Waals surface area contributed by atoms with E-state index in [4.69, 9.17) is 16.3 Å². The molecule has 162 valence electrons. The van der Waals surface area contributed by atoms with E-state index in [1.54, 1.807) is 41.3 Å². The van der Waals surface area contributed by atoms with Crippen LogP contribution in [0, 0.1) is 6.92 Å². The first kappa shape index (κ1) is 21.6. The molecule has 0 saturated carbocycles. The zero-order chi connectivity index (χ0) is 22.0. The molecule has 0 spiro atoms. The predicted octanol–water partition coefficient (Wildman–Crippen LogP) is 3.40. The number of aryl methyl sites for hydroxylation is 1. The second-order valence-corrected chi connectivity index (χ2v) is 8.30. The summed E-state index contributed by atoms with van der Waals surface area (Å²) in [7, 11) is 0. The number of aliphatic hydroxyl groups is 1. The Labute approximate surface area is 186 Å². The fraction of sp³-hybridized carbons (Fsp3) is 0.333. The topological polar surface area (TPSA) is 70.1 Å². The summed E-state index contributed by atoms with van der Waals surface area (Å²) in [5.74, 6) is -1.42. The highest BCUT2D eigenvalue weighted by Gasteiger charge is 2.46. The molecular weight excluding hydrogens is 416 g/mol. The van der Waals surface area contributed by atoms with E-state index < -0.39 is 17.7 Å². The van der Waals surface area contributed by atoms with Gasteiger partial charge in [-0.2, -0.15) is 0 Å². The maximum atomic E-state index is 13.0. The standard InChI is InChI=1S/C24H25ClN2O4/c1-16-2-4-18(5-3-16)22(28)20-21(17-6-8-19(25)9-7-17)27(24(30)23(20)29)11-10-26-12-14-31-15-13-26/h2-9,21,28H,10-15H2,1H3/b22-20+. The Hall–Kier alpha value is -2.67. The van der Waals surface area contributed by atoms with Gasteiger partial charge in [-0.15, -0.1) is 0 Å². The summed E-state index contributed by atoms with van der Waals surface area (Å²) in [6, 6.07) is 13.6. The molecule has 4 rings (SSSR count). The fourth-order valence-corrected chi connectivity index (χ4v) is 4.17. The maximum absolute atomic E-state index is 13.0. The summed E-state index contributed by atoms with van der Waals surface area (Å²) < 4.78 is 5.39. The molecule has 1 unspecified atom stereocenters. The molecule has 2 heterocycles. The van der Waals surface area contributed by atoms with Gasteiger partial charge in [0.1, 0.15) is 5.76 Å². The number of hydrogen-bond donors (Lipinski definition) is 1. The number of rotatable bonds is 5. The van der Waals surface area contributed by atoms with Crippen LogP contribution in [0.4, 0.5) is 0 Å². The van der Waals surface area contributed by atoms with Crippen LogP contribution in [0.2, 0.25) is 5.02 Å². The summed E-state index contributed by atoms with van der Waals surface area (Å²) in [5, 5.41) is 11.6. The van der Waals surface area contributed by atoms with E-state index in [2.05, 4.69) is 4.90 Å². The normalized spacial score (nSPS) is 21.6. The van der Waals surface area contributed by atoms with Crippen LogP contribution in [0.25, 0.3) is 5.76 Å². The molecule has 2 saturated heterocycles. The van der Waals surface area contributed by atoms with E-state index in [1.165, 1.54) is 0 Å². The van der Waals surface area contributed by atoms with Crippen LogP contribution in [-0.4, -0.2) is 66.0 Å². The summed E-state index contributed by atoms with van der Waals surface area (Å²) >= 11 is 6.06. The predicted molar refractivity (Wildman–Crippen MR) is 119 cm³/mol. The number of halogens is 1. The molecule has 2 aliphatic rings. The highest BCUT2D eigenvalue weighted by atomic mass is 35.5. The van der Waals surface area contributed by atoms with Crippen molar-refractivity contribution in [1.29, 1.82) is 0 Å². The van der Waals surface area contributed by atoms with Crippen LogP contribution in [0.3, 0.4) is 0 Å². The van der Waals surface area contributed by atoms with E-state index in [1.807, 2.05) is 19.1 Å². The number of morpholine rings is 1. The first-order valence-electron chi connectivity index (χ1n) is 10.4. The van der Waals surface area contributed by atoms with Crippen molar-refractivity contribution in [2.75, 3.05) is 39.4 Å². The van der Waals surface area contributed by atoms with Crippen LogP contribution < -0.4 is 0 Å². The maximum Gasteiger partial charge on any atom is 0.295 e. The first-order chi connectivity index (χ1) is 15.0. The van der Waals surface area contributed by atoms with Gasteiger partial charge in [0.15, 0.2) is 0 Å². The van der Waals surface area contributed by atoms with Crippen molar-refractivity contribution in [1.82, 2.24) is 9.80 Å². The van der Waals surface area contributed by atoms with Crippen molar-refractivity contribution in [2.45, 2.75) is 13.0 Å². The van der Waals surface area contributed by atoms with Gasteiger partial charge in [-0.25, -0.2) is 0 Å². The zero-order valence-electron chi connectivity index (χ0n) is 17.4. The molecule has 7 heteroatoms. The smallest absolute Gasteiger partial charge is 0.295 e. The summed E-state index contributed by atoms with van der Waals surface area (Å²) in [6.45, 7) is 5.85. The van der Waals surface area contributed by atoms with Gasteiger partial charge in [0, 0.05) is 36.8 Å². The van der Waals surface area contributed by atoms with Gasteiger partial charge in [-0.3, -0.25) is 14.5 Å². The van der Waals surface area contributed by atoms with Gasteiger partial charge < -0.3 is 14.7 Å². The fourth-order valence-electron chi connectivity index (χ4n) is 4.04. The van der Waals surface area contributed by atoms with Gasteiger partial charge >= 0.3 is 0 Å². The second kappa shape index (κ2) is 9.22. The molecular formula is C24H25ClN2O4.